The van der Waals surface area contributed by atoms with E-state index in [1.165, 1.54) is 11.1 Å². The second-order valence-corrected chi connectivity index (χ2v) is 6.76. The molecule has 18 heavy (non-hydrogen) atoms. The highest BCUT2D eigenvalue weighted by Gasteiger charge is 2.60. The fourth-order valence-electron chi connectivity index (χ4n) is 4.63. The first-order valence-electron chi connectivity index (χ1n) is 6.94. The minimum atomic E-state index is -0.0869. The van der Waals surface area contributed by atoms with E-state index in [9.17, 15) is 4.79 Å². The third-order valence-electron chi connectivity index (χ3n) is 5.83. The second-order valence-electron chi connectivity index (χ2n) is 6.76. The molecule has 4 atom stereocenters. The summed E-state index contributed by atoms with van der Waals surface area (Å²) in [5, 5.41) is 0. The van der Waals surface area contributed by atoms with Crippen LogP contribution in [-0.4, -0.2) is 12.1 Å². The number of allylic oxidation sites excluding steroid dienone is 2. The molecule has 1 aliphatic heterocycles. The number of rotatable bonds is 0. The van der Waals surface area contributed by atoms with Gasteiger partial charge in [0.25, 0.3) is 0 Å². The summed E-state index contributed by atoms with van der Waals surface area (Å²) in [6, 6.07) is 0. The molecule has 2 nitrogen and oxygen atoms in total. The molecule has 2 aliphatic carbocycles. The Morgan fingerprint density at radius 2 is 1.83 bits per heavy atom. The third kappa shape index (κ3) is 1.32. The maximum atomic E-state index is 11.9. The molecule has 0 amide bonds. The first kappa shape index (κ1) is 12.0. The van der Waals surface area contributed by atoms with E-state index in [0.29, 0.717) is 12.3 Å². The SMILES string of the molecule is C=C1CC[C@@H]2OC(=O)C[C@@]3(C)C(=C)CC[C@]1(C)[C@H]23. The highest BCUT2D eigenvalue weighted by molar-refractivity contribution is 5.72. The van der Waals surface area contributed by atoms with Gasteiger partial charge in [0, 0.05) is 11.3 Å². The van der Waals surface area contributed by atoms with E-state index in [-0.39, 0.29) is 22.9 Å². The Morgan fingerprint density at radius 1 is 1.17 bits per heavy atom. The van der Waals surface area contributed by atoms with E-state index in [2.05, 4.69) is 27.0 Å². The Hall–Kier alpha value is -1.05. The van der Waals surface area contributed by atoms with Crippen LogP contribution >= 0.6 is 0 Å². The molecule has 3 rings (SSSR count). The van der Waals surface area contributed by atoms with Crippen LogP contribution in [0.2, 0.25) is 0 Å². The monoisotopic (exact) mass is 246 g/mol. The summed E-state index contributed by atoms with van der Waals surface area (Å²) in [5.41, 5.74) is 2.62. The minimum absolute atomic E-state index is 0.0448. The summed E-state index contributed by atoms with van der Waals surface area (Å²) in [6.07, 6.45) is 4.63. The second kappa shape index (κ2) is 3.49. The van der Waals surface area contributed by atoms with Gasteiger partial charge >= 0.3 is 5.97 Å². The molecule has 1 heterocycles. The lowest BCUT2D eigenvalue weighted by molar-refractivity contribution is -0.183. The van der Waals surface area contributed by atoms with Crippen molar-refractivity contribution in [1.29, 1.82) is 0 Å². The van der Waals surface area contributed by atoms with Gasteiger partial charge in [-0.15, -0.1) is 0 Å². The molecule has 0 N–H and O–H groups in total. The molecule has 0 unspecified atom stereocenters. The molecule has 0 aromatic carbocycles. The van der Waals surface area contributed by atoms with Crippen molar-refractivity contribution >= 4 is 5.97 Å². The Labute approximate surface area is 109 Å². The topological polar surface area (TPSA) is 26.3 Å². The fraction of sp³-hybridized carbons (Fsp3) is 0.688. The molecule has 0 aromatic heterocycles. The van der Waals surface area contributed by atoms with Crippen LogP contribution in [0.5, 0.6) is 0 Å². The van der Waals surface area contributed by atoms with Crippen LogP contribution in [-0.2, 0) is 9.53 Å². The van der Waals surface area contributed by atoms with Crippen LogP contribution in [0, 0.1) is 16.7 Å². The lowest BCUT2D eigenvalue weighted by Gasteiger charge is -2.60. The summed E-state index contributed by atoms with van der Waals surface area (Å²) in [4.78, 5) is 11.9. The zero-order valence-electron chi connectivity index (χ0n) is 11.4. The average Bonchev–Trinajstić information content (AvgIpc) is 2.29. The number of ether oxygens (including phenoxy) is 1. The third-order valence-corrected chi connectivity index (χ3v) is 5.83. The van der Waals surface area contributed by atoms with Crippen molar-refractivity contribution < 1.29 is 9.53 Å². The van der Waals surface area contributed by atoms with E-state index < -0.39 is 0 Å². The van der Waals surface area contributed by atoms with Crippen LogP contribution in [0.15, 0.2) is 24.3 Å². The van der Waals surface area contributed by atoms with Crippen molar-refractivity contribution in [2.45, 2.75) is 52.1 Å². The quantitative estimate of drug-likeness (QED) is 0.482. The van der Waals surface area contributed by atoms with Crippen LogP contribution in [0.3, 0.4) is 0 Å². The highest BCUT2D eigenvalue weighted by Crippen LogP contribution is 2.64. The van der Waals surface area contributed by atoms with Crippen LogP contribution in [0.4, 0.5) is 0 Å². The summed E-state index contributed by atoms with van der Waals surface area (Å²) in [5.74, 6) is 0.335. The molecule has 0 bridgehead atoms. The zero-order chi connectivity index (χ0) is 13.1. The number of esters is 1. The van der Waals surface area contributed by atoms with Crippen molar-refractivity contribution in [2.75, 3.05) is 0 Å². The van der Waals surface area contributed by atoms with E-state index in [1.54, 1.807) is 0 Å². The van der Waals surface area contributed by atoms with E-state index >= 15 is 0 Å². The van der Waals surface area contributed by atoms with Gasteiger partial charge in [0.05, 0.1) is 6.42 Å². The molecule has 3 aliphatic rings. The Bertz CT molecular complexity index is 450. The van der Waals surface area contributed by atoms with Crippen LogP contribution in [0.25, 0.3) is 0 Å². The van der Waals surface area contributed by atoms with Crippen molar-refractivity contribution in [3.63, 3.8) is 0 Å². The predicted molar refractivity (Wildman–Crippen MR) is 70.9 cm³/mol. The zero-order valence-corrected chi connectivity index (χ0v) is 11.4. The predicted octanol–water partition coefficient (Wildman–Crippen LogP) is 3.63. The molecule has 3 fully saturated rings. The van der Waals surface area contributed by atoms with Crippen molar-refractivity contribution in [3.8, 4) is 0 Å². The highest BCUT2D eigenvalue weighted by atomic mass is 16.5. The van der Waals surface area contributed by atoms with Crippen LogP contribution in [0.1, 0.15) is 46.0 Å². The van der Waals surface area contributed by atoms with Gasteiger partial charge in [-0.2, -0.15) is 0 Å². The molecule has 0 spiro atoms. The molecule has 1 saturated heterocycles. The Morgan fingerprint density at radius 3 is 2.56 bits per heavy atom. The number of carbonyl (C=O) groups excluding carboxylic acids is 1. The Balaban J connectivity index is 2.11. The first-order chi connectivity index (χ1) is 8.38. The largest absolute Gasteiger partial charge is 0.462 e. The van der Waals surface area contributed by atoms with Gasteiger partial charge in [0.2, 0.25) is 0 Å². The van der Waals surface area contributed by atoms with E-state index in [0.717, 1.165) is 25.7 Å². The van der Waals surface area contributed by atoms with Gasteiger partial charge in [0.1, 0.15) is 6.10 Å². The molecular weight excluding hydrogens is 224 g/mol. The first-order valence-corrected chi connectivity index (χ1v) is 6.94. The molecule has 2 heteroatoms. The van der Waals surface area contributed by atoms with Gasteiger partial charge in [-0.1, -0.05) is 38.2 Å². The number of carbonyl (C=O) groups is 1. The fourth-order valence-corrected chi connectivity index (χ4v) is 4.63. The van der Waals surface area contributed by atoms with Gasteiger partial charge in [-0.25, -0.2) is 0 Å². The molecule has 0 aromatic rings. The van der Waals surface area contributed by atoms with Crippen molar-refractivity contribution in [3.05, 3.63) is 24.3 Å². The smallest absolute Gasteiger partial charge is 0.306 e. The van der Waals surface area contributed by atoms with Gasteiger partial charge < -0.3 is 4.74 Å². The lowest BCUT2D eigenvalue weighted by atomic mass is 9.46. The molecule has 0 radical (unpaired) electrons. The average molecular weight is 246 g/mol. The summed E-state index contributed by atoms with van der Waals surface area (Å²) >= 11 is 0. The molecule has 2 saturated carbocycles. The molecular formula is C16H22O2. The Kier molecular flexibility index (Phi) is 2.33. The minimum Gasteiger partial charge on any atom is -0.462 e. The summed E-state index contributed by atoms with van der Waals surface area (Å²) in [6.45, 7) is 13.1. The van der Waals surface area contributed by atoms with Gasteiger partial charge in [-0.3, -0.25) is 4.79 Å². The summed E-state index contributed by atoms with van der Waals surface area (Å²) < 4.78 is 5.63. The van der Waals surface area contributed by atoms with Crippen LogP contribution < -0.4 is 0 Å². The number of hydrogen-bond acceptors (Lipinski definition) is 2. The lowest BCUT2D eigenvalue weighted by Crippen LogP contribution is -2.58. The number of hydrogen-bond donors (Lipinski definition) is 0. The maximum Gasteiger partial charge on any atom is 0.306 e. The normalized spacial score (nSPS) is 47.6. The molecule has 98 valence electrons. The van der Waals surface area contributed by atoms with Crippen molar-refractivity contribution in [2.24, 2.45) is 16.7 Å². The maximum absolute atomic E-state index is 11.9. The standard InChI is InChI=1S/C16H22O2/c1-10-5-6-12-14-15(10,3)8-7-11(2)16(14,4)9-13(17)18-12/h12,14H,1-2,5-9H2,3-4H3/t12-,14-,15-,16-/m0/s1. The van der Waals surface area contributed by atoms with Crippen molar-refractivity contribution in [1.82, 2.24) is 0 Å². The van der Waals surface area contributed by atoms with E-state index in [1.807, 2.05) is 0 Å². The van der Waals surface area contributed by atoms with Gasteiger partial charge in [-0.05, 0) is 31.1 Å². The van der Waals surface area contributed by atoms with Gasteiger partial charge in [0.15, 0.2) is 0 Å². The summed E-state index contributed by atoms with van der Waals surface area (Å²) in [7, 11) is 0. The van der Waals surface area contributed by atoms with E-state index in [4.69, 9.17) is 4.74 Å².